The summed E-state index contributed by atoms with van der Waals surface area (Å²) < 4.78 is 0. The third kappa shape index (κ3) is 15.6. The third-order valence-electron chi connectivity index (χ3n) is 13.5. The van der Waals surface area contributed by atoms with Crippen molar-refractivity contribution >= 4 is 52.9 Å². The molecule has 396 valence electrons. The van der Waals surface area contributed by atoms with Crippen molar-refractivity contribution in [1.29, 1.82) is 0 Å². The van der Waals surface area contributed by atoms with Crippen molar-refractivity contribution in [1.82, 2.24) is 52.3 Å². The molecule has 0 saturated carbocycles. The monoisotopic (exact) mass is 1010 g/mol. The van der Waals surface area contributed by atoms with Crippen LogP contribution < -0.4 is 48.3 Å². The van der Waals surface area contributed by atoms with Gasteiger partial charge in [-0.25, -0.2) is 0 Å². The van der Waals surface area contributed by atoms with Gasteiger partial charge in [0.15, 0.2) is 0 Å². The van der Waals surface area contributed by atoms with E-state index in [0.29, 0.717) is 12.8 Å². The lowest BCUT2D eigenvalue weighted by Gasteiger charge is -2.30. The number of amides is 8. The molecule has 0 radical (unpaired) electrons. The van der Waals surface area contributed by atoms with Crippen molar-refractivity contribution in [3.05, 3.63) is 101 Å². The first-order valence-corrected chi connectivity index (χ1v) is 25.4. The van der Waals surface area contributed by atoms with E-state index >= 15 is 0 Å². The van der Waals surface area contributed by atoms with Gasteiger partial charge in [0.05, 0.1) is 24.2 Å². The van der Waals surface area contributed by atoms with Crippen LogP contribution in [-0.4, -0.2) is 133 Å². The van der Waals surface area contributed by atoms with Gasteiger partial charge in [0.25, 0.3) is 11.8 Å². The molecule has 19 heteroatoms. The first-order valence-electron chi connectivity index (χ1n) is 25.4. The van der Waals surface area contributed by atoms with Crippen LogP contribution in [0.2, 0.25) is 0 Å². The number of carbonyl (C=O) groups excluding carboxylic acids is 8. The van der Waals surface area contributed by atoms with Crippen LogP contribution in [0.15, 0.2) is 78.9 Å². The molecule has 0 spiro atoms. The molecule has 2 aliphatic heterocycles. The number of likely N-dealkylation sites (tertiary alicyclic amines) is 2. The van der Waals surface area contributed by atoms with Crippen LogP contribution >= 0.6 is 0 Å². The fourth-order valence-electron chi connectivity index (χ4n) is 9.23. The lowest BCUT2D eigenvalue weighted by molar-refractivity contribution is -0.142. The Morgan fingerprint density at radius 3 is 1.22 bits per heavy atom. The second-order valence-corrected chi connectivity index (χ2v) is 20.4. The van der Waals surface area contributed by atoms with Gasteiger partial charge in [-0.2, -0.15) is 0 Å². The van der Waals surface area contributed by atoms with Gasteiger partial charge in [-0.05, 0) is 109 Å². The molecule has 0 unspecified atom stereocenters. The Balaban J connectivity index is 1.36. The first-order chi connectivity index (χ1) is 34.6. The number of hydrogen-bond donors (Lipinski definition) is 9. The zero-order valence-corrected chi connectivity index (χ0v) is 43.9. The summed E-state index contributed by atoms with van der Waals surface area (Å²) in [4.78, 5) is 114. The van der Waals surface area contributed by atoms with E-state index in [1.165, 1.54) is 28.0 Å². The Bertz CT molecular complexity index is 2260. The summed E-state index contributed by atoms with van der Waals surface area (Å²) >= 11 is 0. The molecule has 0 aromatic heterocycles. The van der Waals surface area contributed by atoms with Gasteiger partial charge in [0.1, 0.15) is 24.2 Å². The van der Waals surface area contributed by atoms with Crippen molar-refractivity contribution in [2.45, 2.75) is 141 Å². The molecule has 8 amide bonds. The predicted octanol–water partition coefficient (Wildman–Crippen LogP) is 2.70. The van der Waals surface area contributed by atoms with Gasteiger partial charge in [0, 0.05) is 42.0 Å². The van der Waals surface area contributed by atoms with E-state index in [2.05, 4.69) is 42.5 Å². The minimum Gasteiger partial charge on any atom is -0.399 e. The molecule has 2 saturated heterocycles. The lowest BCUT2D eigenvalue weighted by atomic mass is 10.0. The number of nitrogens with one attached hydrogen (secondary N) is 8. The van der Waals surface area contributed by atoms with Crippen molar-refractivity contribution in [2.75, 3.05) is 32.9 Å². The lowest BCUT2D eigenvalue weighted by Crippen LogP contribution is -2.56. The Hall–Kier alpha value is -6.86. The van der Waals surface area contributed by atoms with Crippen molar-refractivity contribution in [3.63, 3.8) is 0 Å². The molecule has 0 aliphatic carbocycles. The number of likely N-dealkylation sites (N-methyl/N-ethyl adjacent to an activating group) is 2. The van der Waals surface area contributed by atoms with E-state index < -0.39 is 95.9 Å². The van der Waals surface area contributed by atoms with E-state index in [0.717, 1.165) is 11.1 Å². The average molecular weight is 1010 g/mol. The molecule has 5 rings (SSSR count). The Morgan fingerprint density at radius 2 is 0.890 bits per heavy atom. The highest BCUT2D eigenvalue weighted by molar-refractivity contribution is 6.02. The molecule has 19 nitrogen and oxygen atoms in total. The van der Waals surface area contributed by atoms with E-state index in [4.69, 9.17) is 5.73 Å². The van der Waals surface area contributed by atoms with Gasteiger partial charge in [-0.15, -0.1) is 0 Å². The van der Waals surface area contributed by atoms with E-state index in [1.54, 1.807) is 27.9 Å². The van der Waals surface area contributed by atoms with Gasteiger partial charge in [-0.1, -0.05) is 88.4 Å². The van der Waals surface area contributed by atoms with Crippen LogP contribution in [0.1, 0.15) is 125 Å². The van der Waals surface area contributed by atoms with Crippen LogP contribution in [0.3, 0.4) is 0 Å². The van der Waals surface area contributed by atoms with Crippen LogP contribution in [-0.2, 0) is 28.8 Å². The molecular weight excluding hydrogens is 931 g/mol. The fraction of sp³-hybridized carbons (Fsp3) is 0.519. The Labute approximate surface area is 429 Å². The number of nitrogens with zero attached hydrogens (tertiary/aromatic N) is 2. The van der Waals surface area contributed by atoms with Gasteiger partial charge >= 0.3 is 0 Å². The maximum Gasteiger partial charge on any atom is 0.251 e. The second kappa shape index (κ2) is 26.2. The fourth-order valence-corrected chi connectivity index (χ4v) is 9.23. The Kier molecular flexibility index (Phi) is 20.5. The van der Waals surface area contributed by atoms with Crippen molar-refractivity contribution < 1.29 is 38.4 Å². The van der Waals surface area contributed by atoms with E-state index in [-0.39, 0.29) is 66.4 Å². The van der Waals surface area contributed by atoms with Crippen LogP contribution in [0.4, 0.5) is 5.69 Å². The molecule has 10 N–H and O–H groups in total. The molecule has 0 bridgehead atoms. The summed E-state index contributed by atoms with van der Waals surface area (Å²) in [5.41, 5.74) is 8.23. The third-order valence-corrected chi connectivity index (χ3v) is 13.5. The number of rotatable bonds is 22. The normalized spacial score (nSPS) is 20.0. The highest BCUT2D eigenvalue weighted by Gasteiger charge is 2.45. The highest BCUT2D eigenvalue weighted by Crippen LogP contribution is 2.26. The molecule has 2 fully saturated rings. The molecule has 3 aromatic carbocycles. The minimum atomic E-state index is -1.00. The summed E-state index contributed by atoms with van der Waals surface area (Å²) in [6.45, 7) is 14.7. The predicted molar refractivity (Wildman–Crippen MR) is 279 cm³/mol. The van der Waals surface area contributed by atoms with Crippen molar-refractivity contribution in [2.24, 2.45) is 11.8 Å². The Morgan fingerprint density at radius 1 is 0.534 bits per heavy atom. The molecule has 2 heterocycles. The number of benzene rings is 3. The summed E-state index contributed by atoms with van der Waals surface area (Å²) in [5, 5.41) is 23.5. The summed E-state index contributed by atoms with van der Waals surface area (Å²) in [6, 6.07) is 15.6. The highest BCUT2D eigenvalue weighted by atomic mass is 16.2. The van der Waals surface area contributed by atoms with E-state index in [9.17, 15) is 38.4 Å². The molecular formula is C54H77N11O8. The largest absolute Gasteiger partial charge is 0.399 e. The van der Waals surface area contributed by atoms with E-state index in [1.807, 2.05) is 102 Å². The maximum absolute atomic E-state index is 14.5. The standard InChI is InChI=1S/C54H77N11O8/c1-30(2)21-43(62-47(66)34(7)56-9)53(72)64-28-41(26-45(64)51(70)58-32(5)36-17-13-11-14-18-36)60-49(68)38-23-39(25-40(55)24-38)50(69)61-42-27-46(52(71)59-33(6)37-19-15-12-16-20-37)65(29-42)54(73)44(22-31(3)4)63-48(67)35(8)57-10/h11-20,23-25,30-35,41-46,56-57H,21-22,26-29,55H2,1-10H3,(H,58,70)(H,59,71)(H,60,68)(H,61,69)(H,62,66)(H,63,67)/t32-,33-,34+,35+,41+,42+,43+,44+,45+,46+/m1/s1. The summed E-state index contributed by atoms with van der Waals surface area (Å²) in [6.07, 6.45) is 0.728. The molecule has 10 atom stereocenters. The zero-order chi connectivity index (χ0) is 53.7. The maximum atomic E-state index is 14.5. The average Bonchev–Trinajstić information content (AvgIpc) is 3.99. The number of nitrogens with two attached hydrogens (primary N) is 1. The topological polar surface area (TPSA) is 265 Å². The number of nitrogen functional groups attached to an aromatic ring is 1. The van der Waals surface area contributed by atoms with Gasteiger partial charge < -0.3 is 58.1 Å². The minimum absolute atomic E-state index is 0.0101. The quantitative estimate of drug-likeness (QED) is 0.0661. The SMILES string of the molecule is CN[C@@H](C)C(=O)N[C@@H](CC(C)C)C(=O)N1C[C@@H](NC(=O)c2cc(N)cc(C(=O)N[C@H]3C[C@@H](C(=O)N[C@H](C)c4ccccc4)N(C(=O)[C@H](CC(C)C)NC(=O)[C@H](C)NC)C3)c2)C[C@H]1C(=O)N[C@H](C)c1ccccc1. The van der Waals surface area contributed by atoms with Crippen LogP contribution in [0.5, 0.6) is 0 Å². The molecule has 2 aliphatic rings. The number of anilines is 1. The van der Waals surface area contributed by atoms with Crippen LogP contribution in [0, 0.1) is 11.8 Å². The van der Waals surface area contributed by atoms with Crippen molar-refractivity contribution in [3.8, 4) is 0 Å². The zero-order valence-electron chi connectivity index (χ0n) is 43.9. The first kappa shape index (κ1) is 57.0. The number of carbonyl (C=O) groups is 8. The summed E-state index contributed by atoms with van der Waals surface area (Å²) in [7, 11) is 3.28. The number of hydrogen-bond acceptors (Lipinski definition) is 11. The van der Waals surface area contributed by atoms with Crippen LogP contribution in [0.25, 0.3) is 0 Å². The summed E-state index contributed by atoms with van der Waals surface area (Å²) in [5.74, 6) is -3.73. The van der Waals surface area contributed by atoms with Gasteiger partial charge in [-0.3, -0.25) is 38.4 Å². The smallest absolute Gasteiger partial charge is 0.251 e. The van der Waals surface area contributed by atoms with Gasteiger partial charge in [0.2, 0.25) is 35.4 Å². The second-order valence-electron chi connectivity index (χ2n) is 20.4. The molecule has 73 heavy (non-hydrogen) atoms. The molecule has 3 aromatic rings.